The van der Waals surface area contributed by atoms with E-state index < -0.39 is 22.6 Å². The molecular formula is C18H38IN5O3. The summed E-state index contributed by atoms with van der Waals surface area (Å²) in [6.45, 7) is 16.3. The molecule has 27 heavy (non-hydrogen) atoms. The Morgan fingerprint density at radius 2 is 1.44 bits per heavy atom. The van der Waals surface area contributed by atoms with Crippen LogP contribution in [0.4, 0.5) is 4.79 Å². The van der Waals surface area contributed by atoms with Gasteiger partial charge in [0.05, 0.1) is 11.0 Å². The van der Waals surface area contributed by atoms with Crippen LogP contribution in [0, 0.1) is 5.41 Å². The van der Waals surface area contributed by atoms with Crippen LogP contribution in [0.25, 0.3) is 0 Å². The van der Waals surface area contributed by atoms with Gasteiger partial charge in [-0.05, 0) is 55.4 Å². The molecule has 0 heterocycles. The van der Waals surface area contributed by atoms with Gasteiger partial charge >= 0.3 is 6.09 Å². The van der Waals surface area contributed by atoms with E-state index in [0.717, 1.165) is 0 Å². The summed E-state index contributed by atoms with van der Waals surface area (Å²) < 4.78 is 5.28. The molecule has 0 radical (unpaired) electrons. The summed E-state index contributed by atoms with van der Waals surface area (Å²) in [5.41, 5.74) is -1.66. The smallest absolute Gasteiger partial charge is 0.408 e. The normalized spacial score (nSPS) is 12.6. The number of carbonyl (C=O) groups excluding carboxylic acids is 2. The van der Waals surface area contributed by atoms with Crippen LogP contribution in [-0.4, -0.2) is 55.8 Å². The molecular weight excluding hydrogens is 461 g/mol. The fraction of sp³-hybridized carbons (Fsp3) is 0.833. The lowest BCUT2D eigenvalue weighted by molar-refractivity contribution is -0.128. The molecule has 160 valence electrons. The fourth-order valence-electron chi connectivity index (χ4n) is 1.93. The van der Waals surface area contributed by atoms with Crippen molar-refractivity contribution in [3.05, 3.63) is 0 Å². The molecule has 0 atom stereocenters. The summed E-state index contributed by atoms with van der Waals surface area (Å²) in [6.07, 6.45) is -0.468. The van der Waals surface area contributed by atoms with Crippen molar-refractivity contribution in [3.63, 3.8) is 0 Å². The molecule has 0 spiro atoms. The Hall–Kier alpha value is -1.26. The highest BCUT2D eigenvalue weighted by molar-refractivity contribution is 14.0. The van der Waals surface area contributed by atoms with Crippen LogP contribution < -0.4 is 21.3 Å². The van der Waals surface area contributed by atoms with Crippen molar-refractivity contribution in [2.24, 2.45) is 10.4 Å². The SMILES string of the molecule is CCNC(=O)C(C)(C)CNC(=NC)NCC(C)(C)NC(=O)OC(C)(C)C.I. The van der Waals surface area contributed by atoms with Crippen molar-refractivity contribution in [2.75, 3.05) is 26.7 Å². The first kappa shape index (κ1) is 28.0. The Balaban J connectivity index is 0. The van der Waals surface area contributed by atoms with Crippen molar-refractivity contribution in [1.29, 1.82) is 0 Å². The lowest BCUT2D eigenvalue weighted by Gasteiger charge is -2.30. The van der Waals surface area contributed by atoms with Gasteiger partial charge in [-0.25, -0.2) is 4.79 Å². The van der Waals surface area contributed by atoms with Crippen LogP contribution in [0.2, 0.25) is 0 Å². The molecule has 0 aromatic heterocycles. The Kier molecular flexibility index (Phi) is 12.0. The zero-order chi connectivity index (χ0) is 20.6. The van der Waals surface area contributed by atoms with E-state index in [4.69, 9.17) is 4.74 Å². The van der Waals surface area contributed by atoms with E-state index in [1.54, 1.807) is 7.05 Å². The summed E-state index contributed by atoms with van der Waals surface area (Å²) in [7, 11) is 1.66. The first-order chi connectivity index (χ1) is 11.7. The number of amides is 2. The molecule has 2 amide bonds. The molecule has 4 N–H and O–H groups in total. The number of nitrogens with one attached hydrogen (secondary N) is 4. The average Bonchev–Trinajstić information content (AvgIpc) is 2.44. The molecule has 0 aliphatic carbocycles. The molecule has 0 bridgehead atoms. The highest BCUT2D eigenvalue weighted by Crippen LogP contribution is 2.13. The number of aliphatic imine (C=N–C) groups is 1. The minimum Gasteiger partial charge on any atom is -0.444 e. The van der Waals surface area contributed by atoms with Crippen LogP contribution in [0.15, 0.2) is 4.99 Å². The maximum atomic E-state index is 12.0. The fourth-order valence-corrected chi connectivity index (χ4v) is 1.93. The molecule has 8 nitrogen and oxygen atoms in total. The number of carbonyl (C=O) groups is 2. The van der Waals surface area contributed by atoms with Crippen molar-refractivity contribution in [2.45, 2.75) is 66.5 Å². The van der Waals surface area contributed by atoms with Gasteiger partial charge in [-0.3, -0.25) is 9.79 Å². The Labute approximate surface area is 181 Å². The predicted octanol–water partition coefficient (Wildman–Crippen LogP) is 2.23. The summed E-state index contributed by atoms with van der Waals surface area (Å²) in [6, 6.07) is 0. The maximum Gasteiger partial charge on any atom is 0.408 e. The van der Waals surface area contributed by atoms with E-state index in [9.17, 15) is 9.59 Å². The second-order valence-electron chi connectivity index (χ2n) is 8.53. The molecule has 0 aromatic rings. The molecule has 9 heteroatoms. The van der Waals surface area contributed by atoms with Gasteiger partial charge in [0, 0.05) is 26.7 Å². The minimum atomic E-state index is -0.572. The third kappa shape index (κ3) is 12.7. The van der Waals surface area contributed by atoms with Gasteiger partial charge in [0.1, 0.15) is 5.60 Å². The zero-order valence-corrected chi connectivity index (χ0v) is 20.5. The molecule has 0 saturated heterocycles. The largest absolute Gasteiger partial charge is 0.444 e. The van der Waals surface area contributed by atoms with Crippen molar-refractivity contribution in [3.8, 4) is 0 Å². The van der Waals surface area contributed by atoms with Crippen LogP contribution in [0.1, 0.15) is 55.4 Å². The number of alkyl carbamates (subject to hydrolysis) is 1. The molecule has 0 rings (SSSR count). The predicted molar refractivity (Wildman–Crippen MR) is 121 cm³/mol. The minimum absolute atomic E-state index is 0. The highest BCUT2D eigenvalue weighted by Gasteiger charge is 2.28. The van der Waals surface area contributed by atoms with E-state index in [1.807, 2.05) is 55.4 Å². The van der Waals surface area contributed by atoms with Crippen LogP contribution in [0.5, 0.6) is 0 Å². The van der Waals surface area contributed by atoms with E-state index in [2.05, 4.69) is 26.3 Å². The molecule has 0 aliphatic rings. The molecule has 0 fully saturated rings. The van der Waals surface area contributed by atoms with Gasteiger partial charge in [-0.1, -0.05) is 0 Å². The summed E-state index contributed by atoms with van der Waals surface area (Å²) in [5, 5.41) is 12.0. The van der Waals surface area contributed by atoms with Gasteiger partial charge in [0.25, 0.3) is 0 Å². The second-order valence-corrected chi connectivity index (χ2v) is 8.53. The van der Waals surface area contributed by atoms with Gasteiger partial charge < -0.3 is 26.0 Å². The molecule has 0 saturated carbocycles. The van der Waals surface area contributed by atoms with E-state index >= 15 is 0 Å². The molecule has 0 aromatic carbocycles. The van der Waals surface area contributed by atoms with Crippen LogP contribution >= 0.6 is 24.0 Å². The second kappa shape index (κ2) is 11.6. The standard InChI is InChI=1S/C18H37N5O3.HI/c1-10-20-13(24)17(5,6)11-21-14(19-9)22-12-18(7,8)23-15(25)26-16(2,3)4;/h10-12H2,1-9H3,(H,20,24)(H,23,25)(H2,19,21,22);1H. The highest BCUT2D eigenvalue weighted by atomic mass is 127. The average molecular weight is 499 g/mol. The van der Waals surface area contributed by atoms with E-state index in [-0.39, 0.29) is 29.9 Å². The van der Waals surface area contributed by atoms with Crippen molar-refractivity contribution in [1.82, 2.24) is 21.3 Å². The lowest BCUT2D eigenvalue weighted by Crippen LogP contribution is -2.55. The van der Waals surface area contributed by atoms with Gasteiger partial charge in [0.15, 0.2) is 5.96 Å². The topological polar surface area (TPSA) is 104 Å². The first-order valence-corrected chi connectivity index (χ1v) is 8.96. The van der Waals surface area contributed by atoms with Crippen LogP contribution in [-0.2, 0) is 9.53 Å². The van der Waals surface area contributed by atoms with Gasteiger partial charge in [-0.2, -0.15) is 0 Å². The zero-order valence-electron chi connectivity index (χ0n) is 18.2. The summed E-state index contributed by atoms with van der Waals surface area (Å²) in [4.78, 5) is 28.1. The van der Waals surface area contributed by atoms with Crippen molar-refractivity contribution < 1.29 is 14.3 Å². The first-order valence-electron chi connectivity index (χ1n) is 8.96. The lowest BCUT2D eigenvalue weighted by atomic mass is 9.92. The number of halogens is 1. The Morgan fingerprint density at radius 1 is 0.926 bits per heavy atom. The molecule has 0 unspecified atom stereocenters. The molecule has 0 aliphatic heterocycles. The number of hydrogen-bond donors (Lipinski definition) is 4. The maximum absolute atomic E-state index is 12.0. The number of ether oxygens (including phenoxy) is 1. The number of hydrogen-bond acceptors (Lipinski definition) is 4. The van der Waals surface area contributed by atoms with Gasteiger partial charge in [0.2, 0.25) is 5.91 Å². The van der Waals surface area contributed by atoms with E-state index in [1.165, 1.54) is 0 Å². The third-order valence-electron chi connectivity index (χ3n) is 3.41. The summed E-state index contributed by atoms with van der Waals surface area (Å²) >= 11 is 0. The number of nitrogens with zero attached hydrogens (tertiary/aromatic N) is 1. The Bertz CT molecular complexity index is 514. The van der Waals surface area contributed by atoms with E-state index in [0.29, 0.717) is 25.6 Å². The monoisotopic (exact) mass is 499 g/mol. The number of guanidine groups is 1. The van der Waals surface area contributed by atoms with Crippen LogP contribution in [0.3, 0.4) is 0 Å². The Morgan fingerprint density at radius 3 is 1.89 bits per heavy atom. The third-order valence-corrected chi connectivity index (χ3v) is 3.41. The quantitative estimate of drug-likeness (QED) is 0.245. The summed E-state index contributed by atoms with van der Waals surface area (Å²) in [5.74, 6) is 0.538. The van der Waals surface area contributed by atoms with Gasteiger partial charge in [-0.15, -0.1) is 24.0 Å². The van der Waals surface area contributed by atoms with Crippen molar-refractivity contribution >= 4 is 41.9 Å². The number of rotatable bonds is 7.